The van der Waals surface area contributed by atoms with Crippen LogP contribution in [0.25, 0.3) is 99.2 Å². The van der Waals surface area contributed by atoms with Gasteiger partial charge in [-0.2, -0.15) is 5.26 Å². The first-order valence-electron chi connectivity index (χ1n) is 17.8. The minimum atomic E-state index is 0.642. The molecular weight excluding hydrogens is 647 g/mol. The maximum atomic E-state index is 10.2. The van der Waals surface area contributed by atoms with Gasteiger partial charge in [-0.15, -0.1) is 0 Å². The number of nitrogens with zero attached hydrogens (tertiary/aromatic N) is 3. The zero-order chi connectivity index (χ0) is 35.0. The van der Waals surface area contributed by atoms with Gasteiger partial charge in [-0.05, 0) is 101 Å². The molecule has 8 aromatic carbocycles. The highest BCUT2D eigenvalue weighted by Gasteiger charge is 2.20. The van der Waals surface area contributed by atoms with Crippen LogP contribution in [0.15, 0.2) is 180 Å². The average Bonchev–Trinajstić information content (AvgIpc) is 3.88. The average molecular weight is 676 g/mol. The Kier molecular flexibility index (Phi) is 6.28. The molecule has 3 heterocycles. The van der Waals surface area contributed by atoms with Crippen LogP contribution in [0, 0.1) is 11.3 Å². The second-order valence-electron chi connectivity index (χ2n) is 13.6. The zero-order valence-corrected chi connectivity index (χ0v) is 28.5. The van der Waals surface area contributed by atoms with E-state index >= 15 is 0 Å². The van der Waals surface area contributed by atoms with Crippen molar-refractivity contribution in [2.75, 3.05) is 0 Å². The molecule has 0 spiro atoms. The fourth-order valence-electron chi connectivity index (χ4n) is 8.42. The fourth-order valence-corrected chi connectivity index (χ4v) is 8.42. The molecule has 0 fully saturated rings. The number of para-hydroxylation sites is 4. The van der Waals surface area contributed by atoms with Crippen molar-refractivity contribution in [1.29, 1.82) is 5.26 Å². The van der Waals surface area contributed by atoms with Crippen molar-refractivity contribution in [3.63, 3.8) is 0 Å². The van der Waals surface area contributed by atoms with Gasteiger partial charge in [0.25, 0.3) is 0 Å². The van der Waals surface area contributed by atoms with Gasteiger partial charge in [-0.25, -0.2) is 0 Å². The number of aromatic nitrogens is 2. The molecule has 4 heteroatoms. The molecule has 0 atom stereocenters. The molecule has 0 saturated carbocycles. The van der Waals surface area contributed by atoms with Crippen LogP contribution >= 0.6 is 0 Å². The third-order valence-corrected chi connectivity index (χ3v) is 10.7. The van der Waals surface area contributed by atoms with Crippen LogP contribution < -0.4 is 0 Å². The molecule has 0 saturated heterocycles. The lowest BCUT2D eigenvalue weighted by atomic mass is 9.94. The van der Waals surface area contributed by atoms with E-state index in [0.29, 0.717) is 5.56 Å². The molecule has 0 radical (unpaired) electrons. The van der Waals surface area contributed by atoms with E-state index < -0.39 is 0 Å². The predicted octanol–water partition coefficient (Wildman–Crippen LogP) is 13.0. The molecular formula is C49H29N3O. The minimum Gasteiger partial charge on any atom is -0.455 e. The molecule has 53 heavy (non-hydrogen) atoms. The highest BCUT2D eigenvalue weighted by atomic mass is 16.3. The van der Waals surface area contributed by atoms with Crippen molar-refractivity contribution in [2.45, 2.75) is 0 Å². The molecule has 0 N–H and O–H groups in total. The van der Waals surface area contributed by atoms with Gasteiger partial charge in [-0.3, -0.25) is 0 Å². The Morgan fingerprint density at radius 1 is 0.415 bits per heavy atom. The number of benzene rings is 8. The number of furan rings is 1. The summed E-state index contributed by atoms with van der Waals surface area (Å²) in [4.78, 5) is 0. The van der Waals surface area contributed by atoms with E-state index in [1.807, 2.05) is 36.4 Å². The van der Waals surface area contributed by atoms with Gasteiger partial charge in [0.2, 0.25) is 0 Å². The topological polar surface area (TPSA) is 46.8 Å². The van der Waals surface area contributed by atoms with Crippen molar-refractivity contribution in [1.82, 2.24) is 9.13 Å². The standard InChI is InChI=1S/C49H29N3O/c50-30-32-12-4-5-15-37(32)34-26-33(31-22-24-45-42(29-31)38-16-6-9-19-43(38)51(45)35-13-2-1-3-14-35)27-36(28-34)52-44-20-10-7-18-41(44)48-46(52)25-23-40-39-17-8-11-21-47(39)53-49(40)48/h1-29H. The van der Waals surface area contributed by atoms with Crippen LogP contribution in [0.2, 0.25) is 0 Å². The molecule has 3 aromatic heterocycles. The van der Waals surface area contributed by atoms with Crippen LogP contribution in [0.1, 0.15) is 5.56 Å². The van der Waals surface area contributed by atoms with Crippen molar-refractivity contribution in [3.05, 3.63) is 181 Å². The van der Waals surface area contributed by atoms with E-state index in [1.54, 1.807) is 0 Å². The van der Waals surface area contributed by atoms with Crippen LogP contribution in [-0.4, -0.2) is 9.13 Å². The van der Waals surface area contributed by atoms with Crippen LogP contribution in [0.4, 0.5) is 0 Å². The number of hydrogen-bond acceptors (Lipinski definition) is 2. The Balaban J connectivity index is 1.21. The lowest BCUT2D eigenvalue weighted by molar-refractivity contribution is 0.673. The van der Waals surface area contributed by atoms with Crippen LogP contribution in [0.5, 0.6) is 0 Å². The predicted molar refractivity (Wildman–Crippen MR) is 218 cm³/mol. The number of fused-ring (bicyclic) bond motifs is 10. The summed E-state index contributed by atoms with van der Waals surface area (Å²) in [6.45, 7) is 0. The minimum absolute atomic E-state index is 0.642. The summed E-state index contributed by atoms with van der Waals surface area (Å²) in [5.41, 5.74) is 13.1. The van der Waals surface area contributed by atoms with E-state index in [2.05, 4.69) is 155 Å². The van der Waals surface area contributed by atoms with Crippen molar-refractivity contribution in [2.24, 2.45) is 0 Å². The summed E-state index contributed by atoms with van der Waals surface area (Å²) in [7, 11) is 0. The quantitative estimate of drug-likeness (QED) is 0.186. The smallest absolute Gasteiger partial charge is 0.145 e. The lowest BCUT2D eigenvalue weighted by Crippen LogP contribution is -1.97. The van der Waals surface area contributed by atoms with Gasteiger partial charge >= 0.3 is 0 Å². The van der Waals surface area contributed by atoms with Gasteiger partial charge in [0, 0.05) is 38.3 Å². The first-order chi connectivity index (χ1) is 26.2. The van der Waals surface area contributed by atoms with Crippen molar-refractivity contribution in [3.8, 4) is 39.7 Å². The van der Waals surface area contributed by atoms with Gasteiger partial charge in [0.1, 0.15) is 11.2 Å². The first-order valence-corrected chi connectivity index (χ1v) is 17.8. The van der Waals surface area contributed by atoms with Gasteiger partial charge in [-0.1, -0.05) is 97.1 Å². The third kappa shape index (κ3) is 4.35. The molecule has 0 unspecified atom stereocenters. The number of rotatable bonds is 4. The Morgan fingerprint density at radius 3 is 1.91 bits per heavy atom. The Hall–Kier alpha value is -7.35. The third-order valence-electron chi connectivity index (χ3n) is 10.7. The van der Waals surface area contributed by atoms with Crippen LogP contribution in [0.3, 0.4) is 0 Å². The van der Waals surface area contributed by atoms with E-state index in [4.69, 9.17) is 4.42 Å². The maximum absolute atomic E-state index is 10.2. The molecule has 11 aromatic rings. The summed E-state index contributed by atoms with van der Waals surface area (Å²) in [6, 6.07) is 64.2. The summed E-state index contributed by atoms with van der Waals surface area (Å²) >= 11 is 0. The Labute approximate surface area is 304 Å². The monoisotopic (exact) mass is 675 g/mol. The van der Waals surface area contributed by atoms with Gasteiger partial charge < -0.3 is 13.6 Å². The summed E-state index contributed by atoms with van der Waals surface area (Å²) in [6.07, 6.45) is 0. The Bertz CT molecular complexity index is 3300. The van der Waals surface area contributed by atoms with E-state index in [0.717, 1.165) is 82.9 Å². The molecule has 0 aliphatic carbocycles. The highest BCUT2D eigenvalue weighted by molar-refractivity contribution is 6.24. The second kappa shape index (κ2) is 11.3. The highest BCUT2D eigenvalue weighted by Crippen LogP contribution is 2.42. The molecule has 0 aliphatic heterocycles. The molecule has 4 nitrogen and oxygen atoms in total. The van der Waals surface area contributed by atoms with Crippen molar-refractivity contribution >= 4 is 65.6 Å². The molecule has 11 rings (SSSR count). The Morgan fingerprint density at radius 2 is 1.06 bits per heavy atom. The van der Waals surface area contributed by atoms with E-state index in [-0.39, 0.29) is 0 Å². The SMILES string of the molecule is N#Cc1ccccc1-c1cc(-c2ccc3c(c2)c2ccccc2n3-c2ccccc2)cc(-n2c3ccccc3c3c4oc5ccccc5c4ccc32)c1. The number of hydrogen-bond donors (Lipinski definition) is 0. The van der Waals surface area contributed by atoms with Crippen LogP contribution in [-0.2, 0) is 0 Å². The number of nitriles is 1. The summed E-state index contributed by atoms with van der Waals surface area (Å²) in [5, 5.41) is 17.0. The zero-order valence-electron chi connectivity index (χ0n) is 28.5. The lowest BCUT2D eigenvalue weighted by Gasteiger charge is -2.15. The normalized spacial score (nSPS) is 11.8. The van der Waals surface area contributed by atoms with Crippen molar-refractivity contribution < 1.29 is 4.42 Å². The molecule has 0 aliphatic rings. The fraction of sp³-hybridized carbons (Fsp3) is 0. The summed E-state index contributed by atoms with van der Waals surface area (Å²) in [5.74, 6) is 0. The summed E-state index contributed by atoms with van der Waals surface area (Å²) < 4.78 is 11.3. The molecule has 246 valence electrons. The second-order valence-corrected chi connectivity index (χ2v) is 13.6. The van der Waals surface area contributed by atoms with E-state index in [9.17, 15) is 5.26 Å². The van der Waals surface area contributed by atoms with Gasteiger partial charge in [0.05, 0.1) is 39.1 Å². The van der Waals surface area contributed by atoms with E-state index in [1.165, 1.54) is 16.3 Å². The molecule has 0 bridgehead atoms. The molecule has 0 amide bonds. The van der Waals surface area contributed by atoms with Gasteiger partial charge in [0.15, 0.2) is 0 Å². The first kappa shape index (κ1) is 29.4. The maximum Gasteiger partial charge on any atom is 0.145 e. The largest absolute Gasteiger partial charge is 0.455 e.